The number of carboxylic acids is 1. The second kappa shape index (κ2) is 20.3. The number of aromatic carboxylic acids is 1. The molecular formula is C25H43FO2S. The highest BCUT2D eigenvalue weighted by Crippen LogP contribution is 2.12. The molecule has 1 rings (SSSR count). The van der Waals surface area contributed by atoms with E-state index in [0.717, 1.165) is 35.2 Å². The molecular weight excluding hydrogens is 383 g/mol. The predicted molar refractivity (Wildman–Crippen MR) is 125 cm³/mol. The summed E-state index contributed by atoms with van der Waals surface area (Å²) < 4.78 is 12.1. The van der Waals surface area contributed by atoms with Crippen LogP contribution in [0.4, 0.5) is 4.39 Å². The summed E-state index contributed by atoms with van der Waals surface area (Å²) in [5, 5.41) is 10.1. The van der Waals surface area contributed by atoms with Gasteiger partial charge in [-0.2, -0.15) is 0 Å². The zero-order valence-electron chi connectivity index (χ0n) is 19.0. The normalized spacial score (nSPS) is 10.7. The fourth-order valence-corrected chi connectivity index (χ4v) is 5.54. The smallest absolute Gasteiger partial charge is 0.123 e. The van der Waals surface area contributed by atoms with Crippen LogP contribution in [0, 0.1) is 5.82 Å². The number of carbonyl (C=O) groups excluding carboxylic acids is 1. The van der Waals surface area contributed by atoms with Gasteiger partial charge in [0.1, 0.15) is 23.1 Å². The van der Waals surface area contributed by atoms with E-state index in [1.165, 1.54) is 94.3 Å². The molecule has 0 N–H and O–H groups in total. The summed E-state index contributed by atoms with van der Waals surface area (Å²) >= 11 is 0. The molecule has 0 unspecified atom stereocenters. The van der Waals surface area contributed by atoms with Gasteiger partial charge in [-0.05, 0) is 67.1 Å². The van der Waals surface area contributed by atoms with Crippen molar-refractivity contribution >= 4 is 16.9 Å². The molecule has 29 heavy (non-hydrogen) atoms. The number of carbonyl (C=O) groups is 1. The van der Waals surface area contributed by atoms with Crippen LogP contribution >= 0.6 is 0 Å². The van der Waals surface area contributed by atoms with Crippen LogP contribution in [0.25, 0.3) is 0 Å². The molecule has 1 aromatic rings. The molecule has 0 fully saturated rings. The van der Waals surface area contributed by atoms with E-state index >= 15 is 0 Å². The fraction of sp³-hybridized carbons (Fsp3) is 0.720. The van der Waals surface area contributed by atoms with E-state index < -0.39 is 11.8 Å². The molecule has 0 saturated heterocycles. The first kappa shape index (κ1) is 28.0. The lowest BCUT2D eigenvalue weighted by Crippen LogP contribution is -2.21. The van der Waals surface area contributed by atoms with Crippen LogP contribution in [-0.2, 0) is 10.9 Å². The number of hydrogen-bond acceptors (Lipinski definition) is 2. The summed E-state index contributed by atoms with van der Waals surface area (Å²) in [6.07, 6.45) is 17.4. The minimum absolute atomic E-state index is 0.0126. The van der Waals surface area contributed by atoms with Crippen LogP contribution in [0.3, 0.4) is 0 Å². The van der Waals surface area contributed by atoms with Gasteiger partial charge in [-0.15, -0.1) is 0 Å². The summed E-state index contributed by atoms with van der Waals surface area (Å²) in [4.78, 5) is 10.1. The van der Waals surface area contributed by atoms with Gasteiger partial charge < -0.3 is 9.90 Å². The zero-order valence-corrected chi connectivity index (χ0v) is 19.8. The maximum Gasteiger partial charge on any atom is 0.123 e. The highest BCUT2D eigenvalue weighted by Gasteiger charge is 2.16. The quantitative estimate of drug-likeness (QED) is 0.222. The summed E-state index contributed by atoms with van der Waals surface area (Å²) in [6, 6.07) is 4.46. The Bertz CT molecular complexity index is 462. The van der Waals surface area contributed by atoms with Gasteiger partial charge in [0.05, 0.1) is 5.97 Å². The highest BCUT2D eigenvalue weighted by atomic mass is 32.2. The Kier molecular flexibility index (Phi) is 19.5. The van der Waals surface area contributed by atoms with Gasteiger partial charge in [0.25, 0.3) is 0 Å². The van der Waals surface area contributed by atoms with Crippen LogP contribution in [0.1, 0.15) is 108 Å². The Morgan fingerprint density at radius 3 is 1.41 bits per heavy atom. The summed E-state index contributed by atoms with van der Waals surface area (Å²) in [5.74, 6) is 2.87. The first-order valence-electron chi connectivity index (χ1n) is 11.7. The van der Waals surface area contributed by atoms with Crippen LogP contribution in [0.2, 0.25) is 0 Å². The van der Waals surface area contributed by atoms with Gasteiger partial charge in [0.2, 0.25) is 0 Å². The van der Waals surface area contributed by atoms with Crippen molar-refractivity contribution in [1.29, 1.82) is 0 Å². The first-order chi connectivity index (χ1) is 14.0. The van der Waals surface area contributed by atoms with Gasteiger partial charge in [-0.3, -0.25) is 0 Å². The predicted octanol–water partition coefficient (Wildman–Crippen LogP) is 6.53. The third-order valence-corrected chi connectivity index (χ3v) is 7.54. The van der Waals surface area contributed by atoms with Gasteiger partial charge in [0.15, 0.2) is 0 Å². The molecule has 0 amide bonds. The molecule has 168 valence electrons. The lowest BCUT2D eigenvalue weighted by molar-refractivity contribution is -0.255. The van der Waals surface area contributed by atoms with Crippen molar-refractivity contribution in [3.05, 3.63) is 35.6 Å². The van der Waals surface area contributed by atoms with E-state index in [1.54, 1.807) is 0 Å². The van der Waals surface area contributed by atoms with Crippen LogP contribution in [-0.4, -0.2) is 23.2 Å². The van der Waals surface area contributed by atoms with Crippen LogP contribution in [0.5, 0.6) is 0 Å². The van der Waals surface area contributed by atoms with Crippen molar-refractivity contribution in [3.8, 4) is 0 Å². The minimum Gasteiger partial charge on any atom is -0.545 e. The Labute approximate surface area is 182 Å². The van der Waals surface area contributed by atoms with Crippen molar-refractivity contribution in [3.63, 3.8) is 0 Å². The Balaban J connectivity index is 0.000000651. The number of hydrogen-bond donors (Lipinski definition) is 0. The van der Waals surface area contributed by atoms with Gasteiger partial charge in [0, 0.05) is 0 Å². The topological polar surface area (TPSA) is 40.1 Å². The van der Waals surface area contributed by atoms with Crippen molar-refractivity contribution in [2.45, 2.75) is 97.8 Å². The molecule has 1 aromatic carbocycles. The number of unbranched alkanes of at least 4 members (excludes halogenated alkanes) is 9. The molecule has 0 aromatic heterocycles. The van der Waals surface area contributed by atoms with Crippen molar-refractivity contribution in [2.75, 3.05) is 17.3 Å². The second-order valence-corrected chi connectivity index (χ2v) is 10.2. The lowest BCUT2D eigenvalue weighted by atomic mass is 10.2. The van der Waals surface area contributed by atoms with E-state index in [1.807, 2.05) is 0 Å². The Morgan fingerprint density at radius 1 is 0.724 bits per heavy atom. The van der Waals surface area contributed by atoms with E-state index in [2.05, 4.69) is 20.8 Å². The molecule has 0 aliphatic rings. The molecule has 0 spiro atoms. The van der Waals surface area contributed by atoms with Gasteiger partial charge >= 0.3 is 0 Å². The molecule has 0 saturated carbocycles. The second-order valence-electron chi connectivity index (χ2n) is 7.70. The number of carboxylic acid groups (broad SMARTS) is 1. The molecule has 0 aliphatic heterocycles. The average molecular weight is 427 g/mol. The minimum atomic E-state index is -1.29. The first-order valence-corrected chi connectivity index (χ1v) is 13.4. The third kappa shape index (κ3) is 17.5. The Hall–Kier alpha value is -1.03. The van der Waals surface area contributed by atoms with Gasteiger partial charge in [-0.1, -0.05) is 71.4 Å². The molecule has 2 nitrogen and oxygen atoms in total. The van der Waals surface area contributed by atoms with Crippen LogP contribution < -0.4 is 5.11 Å². The average Bonchev–Trinajstić information content (AvgIpc) is 2.72. The number of benzene rings is 1. The third-order valence-electron chi connectivity index (χ3n) is 4.94. The summed E-state index contributed by atoms with van der Waals surface area (Å²) in [6.45, 7) is 6.94. The fourth-order valence-electron chi connectivity index (χ4n) is 3.09. The maximum absolute atomic E-state index is 12.1. The molecule has 0 heterocycles. The van der Waals surface area contributed by atoms with Gasteiger partial charge in [-0.25, -0.2) is 4.39 Å². The summed E-state index contributed by atoms with van der Waals surface area (Å²) in [7, 11) is 0.765. The Morgan fingerprint density at radius 2 is 1.10 bits per heavy atom. The van der Waals surface area contributed by atoms with Crippen molar-refractivity contribution in [2.24, 2.45) is 0 Å². The summed E-state index contributed by atoms with van der Waals surface area (Å²) in [5.41, 5.74) is -0.0126. The van der Waals surface area contributed by atoms with Crippen molar-refractivity contribution in [1.82, 2.24) is 0 Å². The SMILES string of the molecule is CCCCCC[S+](CCCCCC)CCCCCC.O=C([O-])c1ccc(F)cc1. The standard InChI is InChI=1S/C18H39S.C7H5FO2/c1-4-7-10-13-16-19(17-14-11-8-5-2)18-15-12-9-6-3;8-6-3-1-5(2-4-6)7(9)10/h4-18H2,1-3H3;1-4H,(H,9,10)/q+1;/p-1. The van der Waals surface area contributed by atoms with Crippen LogP contribution in [0.15, 0.2) is 24.3 Å². The van der Waals surface area contributed by atoms with Crippen molar-refractivity contribution < 1.29 is 14.3 Å². The number of halogens is 1. The molecule has 0 radical (unpaired) electrons. The highest BCUT2D eigenvalue weighted by molar-refractivity contribution is 7.96. The van der Waals surface area contributed by atoms with E-state index in [0.29, 0.717) is 0 Å². The molecule has 0 atom stereocenters. The molecule has 4 heteroatoms. The van der Waals surface area contributed by atoms with E-state index in [4.69, 9.17) is 0 Å². The van der Waals surface area contributed by atoms with E-state index in [-0.39, 0.29) is 5.56 Å². The lowest BCUT2D eigenvalue weighted by Gasteiger charge is -2.09. The maximum atomic E-state index is 12.1. The monoisotopic (exact) mass is 426 g/mol. The molecule has 0 aliphatic carbocycles. The van der Waals surface area contributed by atoms with E-state index in [9.17, 15) is 14.3 Å². The largest absolute Gasteiger partial charge is 0.545 e. The zero-order chi connectivity index (χ0) is 21.7. The molecule has 0 bridgehead atoms. The number of rotatable bonds is 16.